The first-order chi connectivity index (χ1) is 14.6. The molecule has 0 aliphatic carbocycles. The summed E-state index contributed by atoms with van der Waals surface area (Å²) in [5.74, 6) is -0.397. The molecule has 0 aromatic heterocycles. The van der Waals surface area contributed by atoms with Crippen molar-refractivity contribution < 1.29 is 21.6 Å². The predicted octanol–water partition coefficient (Wildman–Crippen LogP) is 2.51. The minimum absolute atomic E-state index is 0.0365. The molecule has 1 fully saturated rings. The monoisotopic (exact) mass is 464 g/mol. The number of amides is 1. The van der Waals surface area contributed by atoms with E-state index in [0.29, 0.717) is 25.9 Å². The molecule has 0 radical (unpaired) electrons. The van der Waals surface area contributed by atoms with Crippen molar-refractivity contribution >= 4 is 25.8 Å². The van der Waals surface area contributed by atoms with Gasteiger partial charge in [0.1, 0.15) is 0 Å². The molecule has 2 aromatic rings. The average molecular weight is 465 g/mol. The van der Waals surface area contributed by atoms with E-state index in [4.69, 9.17) is 0 Å². The highest BCUT2D eigenvalue weighted by atomic mass is 32.2. The molecule has 2 aromatic carbocycles. The molecular formula is C22H28N2O5S2. The van der Waals surface area contributed by atoms with Crippen molar-refractivity contribution in [2.24, 2.45) is 5.92 Å². The van der Waals surface area contributed by atoms with Crippen LogP contribution in [0, 0.1) is 5.92 Å². The molecule has 1 heterocycles. The summed E-state index contributed by atoms with van der Waals surface area (Å²) in [7, 11) is -6.68. The smallest absolute Gasteiger partial charge is 0.223 e. The van der Waals surface area contributed by atoms with Crippen LogP contribution in [0.2, 0.25) is 0 Å². The Kier molecular flexibility index (Phi) is 7.18. The van der Waals surface area contributed by atoms with Gasteiger partial charge in [0, 0.05) is 25.3 Å². The van der Waals surface area contributed by atoms with Crippen LogP contribution in [0.15, 0.2) is 59.5 Å². The largest absolute Gasteiger partial charge is 0.349 e. The second-order valence-electron chi connectivity index (χ2n) is 7.99. The maximum atomic E-state index is 12.7. The molecule has 1 atom stereocenters. The Hall–Kier alpha value is -2.23. The summed E-state index contributed by atoms with van der Waals surface area (Å²) in [4.78, 5) is 12.9. The summed E-state index contributed by atoms with van der Waals surface area (Å²) in [5.41, 5.74) is 1.56. The van der Waals surface area contributed by atoms with Gasteiger partial charge in [-0.3, -0.25) is 4.79 Å². The molecule has 7 nitrogen and oxygen atoms in total. The summed E-state index contributed by atoms with van der Waals surface area (Å²) in [6.07, 6.45) is 2.10. The molecule has 0 spiro atoms. The van der Waals surface area contributed by atoms with E-state index in [2.05, 4.69) is 5.32 Å². The lowest BCUT2D eigenvalue weighted by Crippen LogP contribution is -2.43. The third-order valence-electron chi connectivity index (χ3n) is 5.58. The Labute approximate surface area is 184 Å². The van der Waals surface area contributed by atoms with E-state index < -0.39 is 19.9 Å². The topological polar surface area (TPSA) is 101 Å². The molecule has 0 saturated carbocycles. The van der Waals surface area contributed by atoms with Gasteiger partial charge in [-0.2, -0.15) is 0 Å². The van der Waals surface area contributed by atoms with Gasteiger partial charge in [-0.15, -0.1) is 0 Å². The number of benzene rings is 2. The number of piperidine rings is 1. The van der Waals surface area contributed by atoms with Crippen LogP contribution in [0.1, 0.15) is 36.9 Å². The number of sulfone groups is 1. The van der Waals surface area contributed by atoms with Crippen LogP contribution in [0.5, 0.6) is 0 Å². The number of nitrogens with zero attached hydrogens (tertiary/aromatic N) is 1. The molecule has 9 heteroatoms. The van der Waals surface area contributed by atoms with Gasteiger partial charge in [-0.05, 0) is 43.0 Å². The van der Waals surface area contributed by atoms with Crippen molar-refractivity contribution in [3.63, 3.8) is 0 Å². The van der Waals surface area contributed by atoms with Gasteiger partial charge in [-0.25, -0.2) is 21.1 Å². The van der Waals surface area contributed by atoms with Crippen molar-refractivity contribution in [2.45, 2.75) is 36.5 Å². The number of carbonyl (C=O) groups is 1. The number of rotatable bonds is 7. The summed E-state index contributed by atoms with van der Waals surface area (Å²) >= 11 is 0. The number of carbonyl (C=O) groups excluding carboxylic acids is 1. The number of sulfonamides is 1. The van der Waals surface area contributed by atoms with Gasteiger partial charge in [0.2, 0.25) is 15.9 Å². The van der Waals surface area contributed by atoms with Crippen molar-refractivity contribution in [1.82, 2.24) is 9.62 Å². The van der Waals surface area contributed by atoms with E-state index in [1.807, 2.05) is 25.1 Å². The number of hydrogen-bond donors (Lipinski definition) is 1. The molecule has 168 valence electrons. The van der Waals surface area contributed by atoms with Gasteiger partial charge in [0.15, 0.2) is 9.84 Å². The van der Waals surface area contributed by atoms with Gasteiger partial charge in [-0.1, -0.05) is 42.5 Å². The average Bonchev–Trinajstić information content (AvgIpc) is 2.73. The quantitative estimate of drug-likeness (QED) is 0.679. The molecular weight excluding hydrogens is 436 g/mol. The predicted molar refractivity (Wildman–Crippen MR) is 119 cm³/mol. The number of nitrogens with one attached hydrogen (secondary N) is 1. The first-order valence-electron chi connectivity index (χ1n) is 10.2. The molecule has 31 heavy (non-hydrogen) atoms. The Morgan fingerprint density at radius 1 is 1.00 bits per heavy atom. The fraction of sp³-hybridized carbons (Fsp3) is 0.409. The normalized spacial score (nSPS) is 17.2. The van der Waals surface area contributed by atoms with E-state index in [0.717, 1.165) is 17.4 Å². The lowest BCUT2D eigenvalue weighted by Gasteiger charge is -2.31. The molecule has 1 aliphatic heterocycles. The van der Waals surface area contributed by atoms with Crippen molar-refractivity contribution in [3.05, 3.63) is 65.7 Å². The molecule has 0 unspecified atom stereocenters. The van der Waals surface area contributed by atoms with Crippen LogP contribution in [0.4, 0.5) is 0 Å². The summed E-state index contributed by atoms with van der Waals surface area (Å²) < 4.78 is 50.0. The summed E-state index contributed by atoms with van der Waals surface area (Å²) in [6.45, 7) is 2.49. The third kappa shape index (κ3) is 6.15. The molecule has 3 rings (SSSR count). The minimum atomic E-state index is -3.42. The molecule has 0 bridgehead atoms. The van der Waals surface area contributed by atoms with Crippen LogP contribution in [0.25, 0.3) is 0 Å². The first kappa shape index (κ1) is 23.4. The van der Waals surface area contributed by atoms with E-state index >= 15 is 0 Å². The van der Waals surface area contributed by atoms with Crippen molar-refractivity contribution in [3.8, 4) is 0 Å². The summed E-state index contributed by atoms with van der Waals surface area (Å²) in [5, 5.41) is 2.96. The maximum absolute atomic E-state index is 12.7. The van der Waals surface area contributed by atoms with E-state index in [1.54, 1.807) is 24.3 Å². The van der Waals surface area contributed by atoms with Gasteiger partial charge in [0.05, 0.1) is 16.7 Å². The highest BCUT2D eigenvalue weighted by Gasteiger charge is 2.31. The Bertz CT molecular complexity index is 1110. The molecule has 1 saturated heterocycles. The van der Waals surface area contributed by atoms with Crippen LogP contribution in [-0.4, -0.2) is 46.4 Å². The fourth-order valence-corrected chi connectivity index (χ4v) is 5.88. The van der Waals surface area contributed by atoms with Gasteiger partial charge in [0.25, 0.3) is 0 Å². The highest BCUT2D eigenvalue weighted by Crippen LogP contribution is 2.23. The molecule has 1 N–H and O–H groups in total. The third-order valence-corrected chi connectivity index (χ3v) is 8.56. The molecule has 1 amide bonds. The Morgan fingerprint density at radius 2 is 1.58 bits per heavy atom. The molecule has 1 aliphatic rings. The van der Waals surface area contributed by atoms with E-state index in [9.17, 15) is 21.6 Å². The Morgan fingerprint density at radius 3 is 2.13 bits per heavy atom. The number of hydrogen-bond acceptors (Lipinski definition) is 5. The second-order valence-corrected chi connectivity index (χ2v) is 12.0. The van der Waals surface area contributed by atoms with Crippen LogP contribution < -0.4 is 5.32 Å². The van der Waals surface area contributed by atoms with Gasteiger partial charge < -0.3 is 5.32 Å². The zero-order chi connectivity index (χ0) is 22.6. The lowest BCUT2D eigenvalue weighted by molar-refractivity contribution is -0.126. The standard InChI is InChI=1S/C22H28N2O5S2/c1-17(19-8-10-21(11-9-19)30(2,26)27)23-22(25)20-12-14-24(15-13-20)31(28,29)16-18-6-4-3-5-7-18/h3-11,17,20H,12-16H2,1-2H3,(H,23,25)/t17-/m1/s1. The van der Waals surface area contributed by atoms with Gasteiger partial charge >= 0.3 is 0 Å². The maximum Gasteiger partial charge on any atom is 0.223 e. The first-order valence-corrected chi connectivity index (χ1v) is 13.7. The zero-order valence-corrected chi connectivity index (χ0v) is 19.3. The highest BCUT2D eigenvalue weighted by molar-refractivity contribution is 7.90. The zero-order valence-electron chi connectivity index (χ0n) is 17.7. The van der Waals surface area contributed by atoms with Crippen LogP contribution in [0.3, 0.4) is 0 Å². The van der Waals surface area contributed by atoms with E-state index in [-0.39, 0.29) is 28.5 Å². The van der Waals surface area contributed by atoms with Crippen LogP contribution in [-0.2, 0) is 30.4 Å². The lowest BCUT2D eigenvalue weighted by atomic mass is 9.96. The SMILES string of the molecule is C[C@@H](NC(=O)C1CCN(S(=O)(=O)Cc2ccccc2)CC1)c1ccc(S(C)(=O)=O)cc1. The minimum Gasteiger partial charge on any atom is -0.349 e. The van der Waals surface area contributed by atoms with E-state index in [1.165, 1.54) is 16.4 Å². The van der Waals surface area contributed by atoms with Crippen molar-refractivity contribution in [2.75, 3.05) is 19.3 Å². The second kappa shape index (κ2) is 9.50. The fourth-order valence-electron chi connectivity index (χ4n) is 3.69. The Balaban J connectivity index is 1.54. The summed E-state index contributed by atoms with van der Waals surface area (Å²) in [6, 6.07) is 15.2. The van der Waals surface area contributed by atoms with Crippen molar-refractivity contribution in [1.29, 1.82) is 0 Å². The van der Waals surface area contributed by atoms with Crippen LogP contribution >= 0.6 is 0 Å².